The van der Waals surface area contributed by atoms with E-state index in [2.05, 4.69) is 17.7 Å². The summed E-state index contributed by atoms with van der Waals surface area (Å²) < 4.78 is 28.3. The molecule has 0 heterocycles. The van der Waals surface area contributed by atoms with E-state index in [1.807, 2.05) is 32.9 Å². The molecule has 1 aromatic carbocycles. The van der Waals surface area contributed by atoms with Crippen LogP contribution in [0, 0.1) is 50.4 Å². The Labute approximate surface area is 171 Å². The minimum atomic E-state index is -2.77. The van der Waals surface area contributed by atoms with E-state index in [0.717, 1.165) is 25.1 Å². The van der Waals surface area contributed by atoms with Gasteiger partial charge >= 0.3 is 0 Å². The predicted molar refractivity (Wildman–Crippen MR) is 95.7 cm³/mol. The van der Waals surface area contributed by atoms with E-state index < -0.39 is 5.92 Å². The number of nitrogens with zero attached hydrogens (tertiary/aromatic N) is 1. The van der Waals surface area contributed by atoms with Gasteiger partial charge in [-0.25, -0.2) is 8.78 Å². The molecule has 0 aromatic heterocycles. The SMILES string of the molecule is C#CCCN(CCC)Cc1ccc(C)cc1C(F)(F)CC.CC.[U]. The zero-order valence-corrected chi connectivity index (χ0v) is 19.9. The fraction of sp³-hybridized carbons (Fsp3) is 0.600. The van der Waals surface area contributed by atoms with Crippen molar-refractivity contribution in [2.24, 2.45) is 0 Å². The van der Waals surface area contributed by atoms with Gasteiger partial charge in [0.25, 0.3) is 5.92 Å². The maximum atomic E-state index is 14.2. The summed E-state index contributed by atoms with van der Waals surface area (Å²) in [5, 5.41) is 0. The van der Waals surface area contributed by atoms with Crippen LogP contribution in [0.2, 0.25) is 0 Å². The number of rotatable bonds is 8. The molecule has 0 atom stereocenters. The second kappa shape index (κ2) is 13.9. The van der Waals surface area contributed by atoms with Gasteiger partial charge in [0, 0.05) is 62.6 Å². The molecule has 1 rings (SSSR count). The van der Waals surface area contributed by atoms with Crippen LogP contribution < -0.4 is 0 Å². The van der Waals surface area contributed by atoms with Crippen molar-refractivity contribution < 1.29 is 39.9 Å². The predicted octanol–water partition coefficient (Wildman–Crippen LogP) is 5.76. The van der Waals surface area contributed by atoms with Crippen molar-refractivity contribution in [1.29, 1.82) is 0 Å². The van der Waals surface area contributed by atoms with E-state index in [4.69, 9.17) is 6.42 Å². The smallest absolute Gasteiger partial charge is 0.273 e. The first kappa shape index (κ1) is 25.9. The van der Waals surface area contributed by atoms with Crippen LogP contribution in [0.25, 0.3) is 0 Å². The first-order valence-electron chi connectivity index (χ1n) is 8.58. The summed E-state index contributed by atoms with van der Waals surface area (Å²) in [6.45, 7) is 11.6. The summed E-state index contributed by atoms with van der Waals surface area (Å²) in [6, 6.07) is 5.34. The molecule has 0 fully saturated rings. The minimum absolute atomic E-state index is 0. The molecule has 0 saturated heterocycles. The van der Waals surface area contributed by atoms with E-state index in [9.17, 15) is 8.78 Å². The third-order valence-electron chi connectivity index (χ3n) is 3.61. The van der Waals surface area contributed by atoms with E-state index in [1.165, 1.54) is 6.92 Å². The maximum Gasteiger partial charge on any atom is 0.273 e. The van der Waals surface area contributed by atoms with E-state index in [0.29, 0.717) is 18.5 Å². The summed E-state index contributed by atoms with van der Waals surface area (Å²) >= 11 is 0. The van der Waals surface area contributed by atoms with E-state index in [-0.39, 0.29) is 43.1 Å². The molecule has 1 nitrogen and oxygen atoms in total. The van der Waals surface area contributed by atoms with Crippen molar-refractivity contribution in [1.82, 2.24) is 4.90 Å². The van der Waals surface area contributed by atoms with E-state index >= 15 is 0 Å². The summed E-state index contributed by atoms with van der Waals surface area (Å²) in [4.78, 5) is 2.15. The second-order valence-corrected chi connectivity index (χ2v) is 5.45. The van der Waals surface area contributed by atoms with Crippen LogP contribution in [0.15, 0.2) is 18.2 Å². The number of alkyl halides is 2. The van der Waals surface area contributed by atoms with Gasteiger partial charge < -0.3 is 0 Å². The first-order chi connectivity index (χ1) is 10.9. The zero-order chi connectivity index (χ0) is 17.9. The Morgan fingerprint density at radius 1 is 1.17 bits per heavy atom. The molecular weight excluding hydrogens is 530 g/mol. The van der Waals surface area contributed by atoms with Gasteiger partial charge in [-0.3, -0.25) is 4.90 Å². The first-order valence-corrected chi connectivity index (χ1v) is 8.58. The quantitative estimate of drug-likeness (QED) is 0.365. The van der Waals surface area contributed by atoms with Crippen LogP contribution in [-0.4, -0.2) is 18.0 Å². The van der Waals surface area contributed by atoms with Gasteiger partial charge in [0.1, 0.15) is 0 Å². The van der Waals surface area contributed by atoms with Crippen molar-refractivity contribution >= 4 is 0 Å². The molecule has 0 aliphatic carbocycles. The molecule has 1 aromatic rings. The van der Waals surface area contributed by atoms with Gasteiger partial charge in [-0.05, 0) is 31.5 Å². The number of terminal acetylenes is 1. The van der Waals surface area contributed by atoms with Crippen LogP contribution >= 0.6 is 0 Å². The Kier molecular flexibility index (Phi) is 15.0. The molecule has 0 aliphatic rings. The number of hydrogen-bond acceptors (Lipinski definition) is 1. The molecule has 0 radical (unpaired) electrons. The number of hydrogen-bond donors (Lipinski definition) is 0. The van der Waals surface area contributed by atoms with Crippen molar-refractivity contribution in [2.45, 2.75) is 66.3 Å². The van der Waals surface area contributed by atoms with Gasteiger partial charge in [-0.1, -0.05) is 45.4 Å². The third kappa shape index (κ3) is 8.66. The molecule has 0 N–H and O–H groups in total. The minimum Gasteiger partial charge on any atom is -0.298 e. The number of aryl methyl sites for hydroxylation is 1. The molecule has 0 amide bonds. The molecule has 0 unspecified atom stereocenters. The molecule has 134 valence electrons. The molecule has 0 bridgehead atoms. The fourth-order valence-corrected chi connectivity index (χ4v) is 2.41. The zero-order valence-electron chi connectivity index (χ0n) is 15.8. The normalized spacial score (nSPS) is 10.5. The third-order valence-corrected chi connectivity index (χ3v) is 3.61. The average molecular weight is 562 g/mol. The maximum absolute atomic E-state index is 14.2. The van der Waals surface area contributed by atoms with Gasteiger partial charge in [-0.2, -0.15) is 0 Å². The van der Waals surface area contributed by atoms with Crippen molar-refractivity contribution in [3.8, 4) is 12.3 Å². The Morgan fingerprint density at radius 2 is 1.79 bits per heavy atom. The fourth-order valence-electron chi connectivity index (χ4n) is 2.41. The summed E-state index contributed by atoms with van der Waals surface area (Å²) in [6.07, 6.45) is 6.76. The Balaban J connectivity index is 0. The van der Waals surface area contributed by atoms with Crippen LogP contribution in [-0.2, 0) is 12.5 Å². The van der Waals surface area contributed by atoms with Crippen LogP contribution in [0.5, 0.6) is 0 Å². The van der Waals surface area contributed by atoms with Gasteiger partial charge in [0.15, 0.2) is 0 Å². The molecule has 0 spiro atoms. The molecule has 4 heteroatoms. The number of halogens is 2. The topological polar surface area (TPSA) is 3.24 Å². The van der Waals surface area contributed by atoms with Gasteiger partial charge in [-0.15, -0.1) is 12.3 Å². The number of benzene rings is 1. The standard InChI is InChI=1S/C18H25F2N.C2H6.U/c1-5-8-12-21(11-6-2)14-16-10-9-15(4)13-17(16)18(19,20)7-3;1-2;/h1,9-10,13H,6-8,11-12,14H2,2-4H3;1-2H3;. The Morgan fingerprint density at radius 3 is 2.29 bits per heavy atom. The summed E-state index contributed by atoms with van der Waals surface area (Å²) in [5.74, 6) is -0.155. The summed E-state index contributed by atoms with van der Waals surface area (Å²) in [5.41, 5.74) is 1.73. The monoisotopic (exact) mass is 561 g/mol. The van der Waals surface area contributed by atoms with Crippen LogP contribution in [0.1, 0.15) is 63.6 Å². The molecule has 0 aliphatic heterocycles. The van der Waals surface area contributed by atoms with Crippen molar-refractivity contribution in [2.75, 3.05) is 13.1 Å². The largest absolute Gasteiger partial charge is 0.298 e. The summed E-state index contributed by atoms with van der Waals surface area (Å²) in [7, 11) is 0. The van der Waals surface area contributed by atoms with Crippen molar-refractivity contribution in [3.63, 3.8) is 0 Å². The van der Waals surface area contributed by atoms with Gasteiger partial charge in [0.05, 0.1) is 0 Å². The van der Waals surface area contributed by atoms with E-state index in [1.54, 1.807) is 6.07 Å². The van der Waals surface area contributed by atoms with Crippen molar-refractivity contribution in [3.05, 3.63) is 34.9 Å². The molecule has 24 heavy (non-hydrogen) atoms. The average Bonchev–Trinajstić information content (AvgIpc) is 2.56. The van der Waals surface area contributed by atoms with Crippen LogP contribution in [0.3, 0.4) is 0 Å². The second-order valence-electron chi connectivity index (χ2n) is 5.45. The molecule has 0 saturated carbocycles. The van der Waals surface area contributed by atoms with Crippen LogP contribution in [0.4, 0.5) is 8.78 Å². The molecular formula is C20H31F2NU. The van der Waals surface area contributed by atoms with Gasteiger partial charge in [0.2, 0.25) is 0 Å². The Bertz CT molecular complexity index is 495. The Hall–Kier alpha value is -0.348.